The Bertz CT molecular complexity index is 386. The monoisotopic (exact) mass is 273 g/mol. The molecular weight excluding hydrogens is 254 g/mol. The van der Waals surface area contributed by atoms with Crippen molar-refractivity contribution in [3.8, 4) is 0 Å². The normalized spacial score (nSPS) is 15.3. The van der Waals surface area contributed by atoms with Gasteiger partial charge in [0.15, 0.2) is 5.72 Å². The molecule has 0 spiro atoms. The van der Waals surface area contributed by atoms with E-state index in [1.54, 1.807) is 24.3 Å². The molecule has 0 aliphatic rings. The molecule has 102 valence electrons. The maximum atomic E-state index is 11.0. The van der Waals surface area contributed by atoms with Crippen LogP contribution in [0.1, 0.15) is 35.7 Å². The molecule has 0 saturated carbocycles. The van der Waals surface area contributed by atoms with Gasteiger partial charge in [-0.05, 0) is 6.42 Å². The van der Waals surface area contributed by atoms with Crippen LogP contribution >= 0.6 is 12.4 Å². The van der Waals surface area contributed by atoms with Crippen molar-refractivity contribution < 1.29 is 14.6 Å². The third kappa shape index (κ3) is 3.29. The van der Waals surface area contributed by atoms with Gasteiger partial charge in [-0.2, -0.15) is 0 Å². The number of methoxy groups -OCH3 is 1. The topological polar surface area (TPSA) is 72.6 Å². The molecule has 0 fully saturated rings. The Hall–Kier alpha value is -0.940. The maximum absolute atomic E-state index is 11.0. The van der Waals surface area contributed by atoms with Crippen molar-refractivity contribution in [3.63, 3.8) is 0 Å². The van der Waals surface area contributed by atoms with Crippen molar-refractivity contribution in [2.45, 2.75) is 31.6 Å². The molecule has 0 unspecified atom stereocenters. The van der Waals surface area contributed by atoms with Gasteiger partial charge in [0.2, 0.25) is 0 Å². The number of halogens is 1. The smallest absolute Gasteiger partial charge is 0.169 e. The maximum Gasteiger partial charge on any atom is 0.169 e. The molecule has 5 heteroatoms. The van der Waals surface area contributed by atoms with E-state index in [2.05, 4.69) is 0 Å². The van der Waals surface area contributed by atoms with Gasteiger partial charge < -0.3 is 9.84 Å². The second kappa shape index (κ2) is 7.48. The number of nitrogens with two attached hydrogens (primary N) is 1. The van der Waals surface area contributed by atoms with E-state index in [-0.39, 0.29) is 12.4 Å². The van der Waals surface area contributed by atoms with Gasteiger partial charge in [0.25, 0.3) is 0 Å². The lowest BCUT2D eigenvalue weighted by Gasteiger charge is -2.34. The SMILES string of the molecule is CCC[C@H](O)[C@@](N)(OC)c1ccccc1C=O.Cl. The van der Waals surface area contributed by atoms with Gasteiger partial charge in [-0.25, -0.2) is 0 Å². The van der Waals surface area contributed by atoms with Crippen LogP contribution in [0.3, 0.4) is 0 Å². The summed E-state index contributed by atoms with van der Waals surface area (Å²) in [6.45, 7) is 1.95. The average Bonchev–Trinajstić information content (AvgIpc) is 2.38. The van der Waals surface area contributed by atoms with Gasteiger partial charge in [0.1, 0.15) is 12.4 Å². The zero-order valence-corrected chi connectivity index (χ0v) is 11.4. The van der Waals surface area contributed by atoms with E-state index in [1.807, 2.05) is 6.92 Å². The molecule has 0 aliphatic carbocycles. The first-order valence-electron chi connectivity index (χ1n) is 5.67. The Balaban J connectivity index is 0.00000289. The summed E-state index contributed by atoms with van der Waals surface area (Å²) in [7, 11) is 1.43. The van der Waals surface area contributed by atoms with Crippen molar-refractivity contribution >= 4 is 18.7 Å². The van der Waals surface area contributed by atoms with E-state index in [4.69, 9.17) is 10.5 Å². The number of aliphatic hydroxyl groups is 1. The molecule has 0 aliphatic heterocycles. The molecule has 1 rings (SSSR count). The van der Waals surface area contributed by atoms with E-state index in [1.165, 1.54) is 7.11 Å². The third-order valence-electron chi connectivity index (χ3n) is 2.90. The molecule has 18 heavy (non-hydrogen) atoms. The van der Waals surface area contributed by atoms with Crippen molar-refractivity contribution in [2.75, 3.05) is 7.11 Å². The minimum absolute atomic E-state index is 0. The Labute approximate surface area is 114 Å². The zero-order valence-electron chi connectivity index (χ0n) is 10.6. The molecule has 0 heterocycles. The second-order valence-corrected chi connectivity index (χ2v) is 4.01. The number of aliphatic hydroxyl groups excluding tert-OH is 1. The van der Waals surface area contributed by atoms with Crippen LogP contribution in [0.25, 0.3) is 0 Å². The Morgan fingerprint density at radius 1 is 1.50 bits per heavy atom. The molecule has 0 aromatic heterocycles. The highest BCUT2D eigenvalue weighted by Gasteiger charge is 2.36. The van der Waals surface area contributed by atoms with Crippen LogP contribution in [-0.4, -0.2) is 24.6 Å². The number of aldehydes is 1. The fourth-order valence-corrected chi connectivity index (χ4v) is 1.87. The number of benzene rings is 1. The summed E-state index contributed by atoms with van der Waals surface area (Å²) in [5.41, 5.74) is 5.70. The fourth-order valence-electron chi connectivity index (χ4n) is 1.87. The number of carbonyl (C=O) groups is 1. The highest BCUT2D eigenvalue weighted by Crippen LogP contribution is 2.28. The first kappa shape index (κ1) is 17.1. The van der Waals surface area contributed by atoms with Gasteiger partial charge >= 0.3 is 0 Å². The summed E-state index contributed by atoms with van der Waals surface area (Å²) >= 11 is 0. The van der Waals surface area contributed by atoms with Crippen molar-refractivity contribution in [1.82, 2.24) is 0 Å². The largest absolute Gasteiger partial charge is 0.388 e. The van der Waals surface area contributed by atoms with Crippen molar-refractivity contribution in [2.24, 2.45) is 5.73 Å². The summed E-state index contributed by atoms with van der Waals surface area (Å²) in [4.78, 5) is 11.0. The molecule has 0 amide bonds. The zero-order chi connectivity index (χ0) is 12.9. The number of carbonyl (C=O) groups excluding carboxylic acids is 1. The van der Waals surface area contributed by atoms with Crippen LogP contribution < -0.4 is 5.73 Å². The van der Waals surface area contributed by atoms with E-state index in [0.29, 0.717) is 23.8 Å². The molecule has 0 bridgehead atoms. The Morgan fingerprint density at radius 2 is 2.11 bits per heavy atom. The minimum atomic E-state index is -1.34. The van der Waals surface area contributed by atoms with Gasteiger partial charge in [0.05, 0.1) is 0 Å². The predicted molar refractivity (Wildman–Crippen MR) is 72.9 cm³/mol. The summed E-state index contributed by atoms with van der Waals surface area (Å²) < 4.78 is 5.25. The number of rotatable bonds is 6. The van der Waals surface area contributed by atoms with Crippen LogP contribution in [0.15, 0.2) is 24.3 Å². The van der Waals surface area contributed by atoms with Gasteiger partial charge in [-0.1, -0.05) is 37.6 Å². The molecule has 1 aromatic rings. The summed E-state index contributed by atoms with van der Waals surface area (Å²) in [5, 5.41) is 10.1. The lowest BCUT2D eigenvalue weighted by atomic mass is 9.91. The van der Waals surface area contributed by atoms with E-state index in [0.717, 1.165) is 6.42 Å². The van der Waals surface area contributed by atoms with E-state index >= 15 is 0 Å². The lowest BCUT2D eigenvalue weighted by molar-refractivity contribution is -0.108. The van der Waals surface area contributed by atoms with Gasteiger partial charge in [-0.15, -0.1) is 12.4 Å². The highest BCUT2D eigenvalue weighted by molar-refractivity contribution is 5.85. The third-order valence-corrected chi connectivity index (χ3v) is 2.90. The quantitative estimate of drug-likeness (QED) is 0.613. The molecule has 3 N–H and O–H groups in total. The molecule has 0 saturated heterocycles. The lowest BCUT2D eigenvalue weighted by Crippen LogP contribution is -2.50. The average molecular weight is 274 g/mol. The van der Waals surface area contributed by atoms with Crippen LogP contribution in [0, 0.1) is 0 Å². The van der Waals surface area contributed by atoms with Crippen LogP contribution in [0.4, 0.5) is 0 Å². The number of hydrogen-bond acceptors (Lipinski definition) is 4. The minimum Gasteiger partial charge on any atom is -0.388 e. The Morgan fingerprint density at radius 3 is 2.61 bits per heavy atom. The Kier molecular flexibility index (Phi) is 7.09. The van der Waals surface area contributed by atoms with E-state index < -0.39 is 11.8 Å². The van der Waals surface area contributed by atoms with Gasteiger partial charge in [-0.3, -0.25) is 10.5 Å². The molecule has 1 aromatic carbocycles. The summed E-state index contributed by atoms with van der Waals surface area (Å²) in [6.07, 6.45) is 1.16. The van der Waals surface area contributed by atoms with Gasteiger partial charge in [0, 0.05) is 18.2 Å². The molecular formula is C13H20ClNO3. The standard InChI is InChI=1S/C13H19NO3.ClH/c1-3-6-12(16)13(14,17-2)11-8-5-4-7-10(11)9-15;/h4-5,7-9,12,16H,3,6,14H2,1-2H3;1H/t12-,13-;/m0./s1. The summed E-state index contributed by atoms with van der Waals surface area (Å²) in [5.74, 6) is 0. The highest BCUT2D eigenvalue weighted by atomic mass is 35.5. The van der Waals surface area contributed by atoms with Crippen LogP contribution in [0.5, 0.6) is 0 Å². The first-order valence-corrected chi connectivity index (χ1v) is 5.67. The summed E-state index contributed by atoms with van der Waals surface area (Å²) in [6, 6.07) is 6.87. The fraction of sp³-hybridized carbons (Fsp3) is 0.462. The second-order valence-electron chi connectivity index (χ2n) is 4.01. The molecule has 4 nitrogen and oxygen atoms in total. The molecule has 2 atom stereocenters. The predicted octanol–water partition coefficient (Wildman–Crippen LogP) is 1.84. The van der Waals surface area contributed by atoms with Crippen molar-refractivity contribution in [1.29, 1.82) is 0 Å². The first-order chi connectivity index (χ1) is 8.10. The van der Waals surface area contributed by atoms with Crippen LogP contribution in [-0.2, 0) is 10.5 Å². The number of hydrogen-bond donors (Lipinski definition) is 2. The van der Waals surface area contributed by atoms with Crippen LogP contribution in [0.2, 0.25) is 0 Å². The number of ether oxygens (including phenoxy) is 1. The van der Waals surface area contributed by atoms with E-state index in [9.17, 15) is 9.90 Å². The molecule has 0 radical (unpaired) electrons. The van der Waals surface area contributed by atoms with Crippen molar-refractivity contribution in [3.05, 3.63) is 35.4 Å².